The maximum atomic E-state index is 14.1. The van der Waals surface area contributed by atoms with Crippen molar-refractivity contribution in [2.45, 2.75) is 78.3 Å². The van der Waals surface area contributed by atoms with Crippen molar-refractivity contribution in [1.29, 1.82) is 5.26 Å². The first-order chi connectivity index (χ1) is 21.8. The molecule has 3 aromatic rings. The van der Waals surface area contributed by atoms with Gasteiger partial charge < -0.3 is 21.1 Å². The van der Waals surface area contributed by atoms with E-state index >= 15 is 0 Å². The molecule has 0 saturated heterocycles. The summed E-state index contributed by atoms with van der Waals surface area (Å²) >= 11 is 0. The number of benzene rings is 2. The van der Waals surface area contributed by atoms with Gasteiger partial charge in [0, 0.05) is 36.3 Å². The van der Waals surface area contributed by atoms with Crippen LogP contribution in [0.25, 0.3) is 11.1 Å². The molecule has 0 saturated carbocycles. The van der Waals surface area contributed by atoms with Crippen LogP contribution in [0.15, 0.2) is 69.6 Å². The van der Waals surface area contributed by atoms with Crippen molar-refractivity contribution in [3.05, 3.63) is 76.1 Å². The highest BCUT2D eigenvalue weighted by Gasteiger charge is 2.26. The predicted molar refractivity (Wildman–Crippen MR) is 179 cm³/mol. The minimum absolute atomic E-state index is 0.00377. The number of azo groups is 1. The third-order valence-corrected chi connectivity index (χ3v) is 8.09. The van der Waals surface area contributed by atoms with Gasteiger partial charge in [0.1, 0.15) is 11.6 Å². The molecule has 1 aromatic heterocycles. The SMILES string of the molecule is CCCCNC(CC)CN(CC(CC)C(N)CCC)C(=O)c1cccc(N=Nc2c(-c3ccccc3)c(C#N)c(O)[nH]c2=O)c1. The number of H-pyrrole nitrogens is 1. The summed E-state index contributed by atoms with van der Waals surface area (Å²) in [5, 5.41) is 32.1. The molecule has 0 radical (unpaired) electrons. The van der Waals surface area contributed by atoms with Crippen LogP contribution in [0, 0.1) is 17.2 Å². The second kappa shape index (κ2) is 17.8. The van der Waals surface area contributed by atoms with Gasteiger partial charge in [0.15, 0.2) is 5.69 Å². The zero-order chi connectivity index (χ0) is 32.8. The Morgan fingerprint density at radius 1 is 1.04 bits per heavy atom. The average molecular weight is 614 g/mol. The number of carbonyl (C=O) groups is 1. The Morgan fingerprint density at radius 2 is 1.80 bits per heavy atom. The molecule has 10 heteroatoms. The molecule has 0 bridgehead atoms. The van der Waals surface area contributed by atoms with Crippen LogP contribution < -0.4 is 16.6 Å². The molecule has 3 rings (SSSR count). The van der Waals surface area contributed by atoms with Crippen LogP contribution in [-0.2, 0) is 0 Å². The lowest BCUT2D eigenvalue weighted by molar-refractivity contribution is 0.0695. The minimum Gasteiger partial charge on any atom is -0.494 e. The number of hydrogen-bond acceptors (Lipinski definition) is 8. The Kier molecular flexibility index (Phi) is 13.9. The second-order valence-corrected chi connectivity index (χ2v) is 11.4. The van der Waals surface area contributed by atoms with Gasteiger partial charge in [-0.15, -0.1) is 5.11 Å². The van der Waals surface area contributed by atoms with Crippen LogP contribution in [0.4, 0.5) is 11.4 Å². The van der Waals surface area contributed by atoms with Gasteiger partial charge in [0.05, 0.1) is 5.69 Å². The highest BCUT2D eigenvalue weighted by atomic mass is 16.3. The number of aromatic hydroxyl groups is 1. The Labute approximate surface area is 266 Å². The molecule has 2 aromatic carbocycles. The molecule has 5 N–H and O–H groups in total. The second-order valence-electron chi connectivity index (χ2n) is 11.4. The highest BCUT2D eigenvalue weighted by Crippen LogP contribution is 2.35. The van der Waals surface area contributed by atoms with Crippen molar-refractivity contribution in [3.8, 4) is 23.1 Å². The van der Waals surface area contributed by atoms with E-state index < -0.39 is 11.4 Å². The lowest BCUT2D eigenvalue weighted by atomic mass is 9.93. The van der Waals surface area contributed by atoms with E-state index in [1.807, 2.05) is 11.0 Å². The van der Waals surface area contributed by atoms with Crippen LogP contribution in [0.2, 0.25) is 0 Å². The number of nitriles is 1. The monoisotopic (exact) mass is 613 g/mol. The molecular formula is C35H47N7O3. The van der Waals surface area contributed by atoms with Crippen molar-refractivity contribution >= 4 is 17.3 Å². The molecule has 1 heterocycles. The lowest BCUT2D eigenvalue weighted by Gasteiger charge is -2.33. The van der Waals surface area contributed by atoms with Gasteiger partial charge in [-0.2, -0.15) is 10.4 Å². The van der Waals surface area contributed by atoms with E-state index in [0.29, 0.717) is 29.9 Å². The predicted octanol–water partition coefficient (Wildman–Crippen LogP) is 6.80. The maximum absolute atomic E-state index is 14.1. The van der Waals surface area contributed by atoms with Crippen molar-refractivity contribution in [2.75, 3.05) is 19.6 Å². The summed E-state index contributed by atoms with van der Waals surface area (Å²) in [5.41, 5.74) is 7.17. The third-order valence-electron chi connectivity index (χ3n) is 8.09. The number of amides is 1. The standard InChI is InChI=1S/C35H47N7O3/c1-5-9-19-38-27(8-4)23-42(22-24(7-3)30(37)14-6-2)35(45)26-17-13-18-28(20-26)40-41-32-31(25-15-11-10-12-16-25)29(21-36)33(43)39-34(32)44/h10-13,15-18,20,24,27,30,38H,5-9,14,19,22-23,37H2,1-4H3,(H2,39,43,44). The van der Waals surface area contributed by atoms with Crippen LogP contribution >= 0.6 is 0 Å². The summed E-state index contributed by atoms with van der Waals surface area (Å²) in [6.07, 6.45) is 5.81. The van der Waals surface area contributed by atoms with Gasteiger partial charge in [-0.05, 0) is 55.5 Å². The quantitative estimate of drug-likeness (QED) is 0.0967. The summed E-state index contributed by atoms with van der Waals surface area (Å²) in [5.74, 6) is -0.493. The first-order valence-electron chi connectivity index (χ1n) is 16.0. The van der Waals surface area contributed by atoms with Gasteiger partial charge in [-0.3, -0.25) is 14.6 Å². The Bertz CT molecular complexity index is 1510. The molecule has 3 unspecified atom stereocenters. The Morgan fingerprint density at radius 3 is 2.44 bits per heavy atom. The first kappa shape index (κ1) is 35.2. The summed E-state index contributed by atoms with van der Waals surface area (Å²) in [6.45, 7) is 10.5. The summed E-state index contributed by atoms with van der Waals surface area (Å²) in [6, 6.07) is 17.7. The molecule has 0 aliphatic heterocycles. The van der Waals surface area contributed by atoms with Gasteiger partial charge in [-0.25, -0.2) is 0 Å². The molecule has 0 aliphatic rings. The molecular weight excluding hydrogens is 566 g/mol. The van der Waals surface area contributed by atoms with Crippen LogP contribution in [-0.4, -0.2) is 52.6 Å². The van der Waals surface area contributed by atoms with Gasteiger partial charge in [0.25, 0.3) is 11.5 Å². The zero-order valence-corrected chi connectivity index (χ0v) is 26.9. The van der Waals surface area contributed by atoms with Gasteiger partial charge >= 0.3 is 0 Å². The topological polar surface area (TPSA) is 160 Å². The fourth-order valence-corrected chi connectivity index (χ4v) is 5.41. The van der Waals surface area contributed by atoms with Gasteiger partial charge in [-0.1, -0.05) is 83.4 Å². The van der Waals surface area contributed by atoms with E-state index in [1.54, 1.807) is 54.6 Å². The molecule has 0 aliphatic carbocycles. The zero-order valence-electron chi connectivity index (χ0n) is 26.9. The van der Waals surface area contributed by atoms with Crippen molar-refractivity contribution in [3.63, 3.8) is 0 Å². The van der Waals surface area contributed by atoms with E-state index in [9.17, 15) is 20.0 Å². The number of aromatic nitrogens is 1. The third kappa shape index (κ3) is 9.58. The summed E-state index contributed by atoms with van der Waals surface area (Å²) in [7, 11) is 0. The fraction of sp³-hybridized carbons (Fsp3) is 0.457. The lowest BCUT2D eigenvalue weighted by Crippen LogP contribution is -2.48. The van der Waals surface area contributed by atoms with Crippen LogP contribution in [0.1, 0.15) is 82.1 Å². The number of pyridine rings is 1. The van der Waals surface area contributed by atoms with E-state index in [-0.39, 0.29) is 40.7 Å². The number of aromatic amines is 1. The number of rotatable bonds is 17. The Hall–Kier alpha value is -4.33. The largest absolute Gasteiger partial charge is 0.494 e. The highest BCUT2D eigenvalue weighted by molar-refractivity contribution is 5.95. The Balaban J connectivity index is 1.97. The van der Waals surface area contributed by atoms with Crippen molar-refractivity contribution in [2.24, 2.45) is 21.9 Å². The number of unbranched alkanes of at least 4 members (excludes halogenated alkanes) is 1. The number of nitrogens with one attached hydrogen (secondary N) is 2. The molecule has 3 atom stereocenters. The number of nitrogens with zero attached hydrogens (tertiary/aromatic N) is 4. The molecule has 1 amide bonds. The average Bonchev–Trinajstić information content (AvgIpc) is 3.05. The summed E-state index contributed by atoms with van der Waals surface area (Å²) in [4.78, 5) is 31.1. The molecule has 10 nitrogen and oxygen atoms in total. The first-order valence-corrected chi connectivity index (χ1v) is 16.0. The fourth-order valence-electron chi connectivity index (χ4n) is 5.41. The van der Waals surface area contributed by atoms with E-state index in [1.165, 1.54) is 0 Å². The minimum atomic E-state index is -0.692. The normalized spacial score (nSPS) is 13.3. The van der Waals surface area contributed by atoms with Crippen LogP contribution in [0.3, 0.4) is 0 Å². The summed E-state index contributed by atoms with van der Waals surface area (Å²) < 4.78 is 0. The number of hydrogen-bond donors (Lipinski definition) is 4. The van der Waals surface area contributed by atoms with Gasteiger partial charge in [0.2, 0.25) is 5.88 Å². The van der Waals surface area contributed by atoms with E-state index in [0.717, 1.165) is 45.1 Å². The van der Waals surface area contributed by atoms with Crippen LogP contribution in [0.5, 0.6) is 5.88 Å². The molecule has 0 spiro atoms. The molecule has 45 heavy (non-hydrogen) atoms. The maximum Gasteiger partial charge on any atom is 0.279 e. The number of nitrogens with two attached hydrogens (primary N) is 1. The molecule has 240 valence electrons. The van der Waals surface area contributed by atoms with Crippen molar-refractivity contribution in [1.82, 2.24) is 15.2 Å². The molecule has 0 fully saturated rings. The smallest absolute Gasteiger partial charge is 0.279 e. The van der Waals surface area contributed by atoms with Crippen molar-refractivity contribution < 1.29 is 9.90 Å². The van der Waals surface area contributed by atoms with E-state index in [2.05, 4.69) is 48.2 Å². The number of carbonyl (C=O) groups excluding carboxylic acids is 1. The van der Waals surface area contributed by atoms with E-state index in [4.69, 9.17) is 5.73 Å².